The minimum atomic E-state index is 0.792. The second kappa shape index (κ2) is 14.9. The summed E-state index contributed by atoms with van der Waals surface area (Å²) in [6.07, 6.45) is 7.90. The summed E-state index contributed by atoms with van der Waals surface area (Å²) >= 11 is 0. The highest BCUT2D eigenvalue weighted by Crippen LogP contribution is 2.01. The molecule has 0 fully saturated rings. The van der Waals surface area contributed by atoms with E-state index in [1.165, 1.54) is 19.3 Å². The van der Waals surface area contributed by atoms with Gasteiger partial charge in [-0.25, -0.2) is 0 Å². The van der Waals surface area contributed by atoms with Crippen molar-refractivity contribution in [3.05, 3.63) is 12.7 Å². The first kappa shape index (κ1) is 20.9. The molecule has 5 heteroatoms. The lowest BCUT2D eigenvalue weighted by Crippen LogP contribution is -2.40. The highest BCUT2D eigenvalue weighted by molar-refractivity contribution is 5.79. The van der Waals surface area contributed by atoms with Crippen LogP contribution in [0.4, 0.5) is 0 Å². The number of allylic oxidation sites excluding steroid dienone is 1. The second-order valence-electron chi connectivity index (χ2n) is 5.68. The van der Waals surface area contributed by atoms with Gasteiger partial charge in [-0.2, -0.15) is 0 Å². The van der Waals surface area contributed by atoms with Gasteiger partial charge in [0.05, 0.1) is 6.61 Å². The molecule has 0 heterocycles. The summed E-state index contributed by atoms with van der Waals surface area (Å²) in [6, 6.07) is 0. The summed E-state index contributed by atoms with van der Waals surface area (Å²) < 4.78 is 5.08. The highest BCUT2D eigenvalue weighted by Gasteiger charge is 2.05. The minimum absolute atomic E-state index is 0.792. The third kappa shape index (κ3) is 11.6. The summed E-state index contributed by atoms with van der Waals surface area (Å²) in [5, 5.41) is 3.43. The van der Waals surface area contributed by atoms with Gasteiger partial charge in [-0.1, -0.05) is 12.5 Å². The Morgan fingerprint density at radius 2 is 1.91 bits per heavy atom. The zero-order valence-corrected chi connectivity index (χ0v) is 15.1. The molecule has 0 aromatic rings. The van der Waals surface area contributed by atoms with Crippen molar-refractivity contribution in [3.63, 3.8) is 0 Å². The first-order valence-corrected chi connectivity index (χ1v) is 8.35. The lowest BCUT2D eigenvalue weighted by molar-refractivity contribution is 0.161. The van der Waals surface area contributed by atoms with Crippen LogP contribution in [0.3, 0.4) is 0 Å². The average Bonchev–Trinajstić information content (AvgIpc) is 2.52. The van der Waals surface area contributed by atoms with E-state index in [9.17, 15) is 0 Å². The molecule has 0 aliphatic heterocycles. The zero-order valence-electron chi connectivity index (χ0n) is 15.1. The quantitative estimate of drug-likeness (QED) is 0.245. The molecule has 0 unspecified atom stereocenters. The molecular formula is C17H36N4O. The van der Waals surface area contributed by atoms with Crippen molar-refractivity contribution >= 4 is 5.96 Å². The van der Waals surface area contributed by atoms with Crippen LogP contribution in [0.15, 0.2) is 17.6 Å². The maximum absolute atomic E-state index is 5.08. The number of aliphatic imine (C=N–C) groups is 1. The van der Waals surface area contributed by atoms with Crippen LogP contribution in [0.2, 0.25) is 0 Å². The molecule has 0 aromatic heterocycles. The number of methoxy groups -OCH3 is 1. The molecule has 0 rings (SSSR count). The van der Waals surface area contributed by atoms with Gasteiger partial charge >= 0.3 is 0 Å². The van der Waals surface area contributed by atoms with Crippen LogP contribution >= 0.6 is 0 Å². The van der Waals surface area contributed by atoms with E-state index >= 15 is 0 Å². The molecule has 0 bridgehead atoms. The molecule has 0 aliphatic carbocycles. The molecule has 5 nitrogen and oxygen atoms in total. The van der Waals surface area contributed by atoms with E-state index < -0.39 is 0 Å². The maximum atomic E-state index is 5.08. The lowest BCUT2D eigenvalue weighted by atomic mass is 10.2. The van der Waals surface area contributed by atoms with Crippen molar-refractivity contribution in [2.75, 3.05) is 61.0 Å². The molecule has 130 valence electrons. The fourth-order valence-corrected chi connectivity index (χ4v) is 2.21. The standard InChI is InChI=1S/C17H36N4O/c1-6-7-8-9-10-14-21(4)17(18-2)19-12-11-13-20(3)15-16-22-5/h6H,1,7-16H2,2-5H3,(H,18,19). The molecule has 0 saturated carbocycles. The van der Waals surface area contributed by atoms with Crippen LogP contribution in [0.1, 0.15) is 32.1 Å². The van der Waals surface area contributed by atoms with Gasteiger partial charge in [0.1, 0.15) is 0 Å². The van der Waals surface area contributed by atoms with Crippen molar-refractivity contribution in [1.82, 2.24) is 15.1 Å². The van der Waals surface area contributed by atoms with Crippen molar-refractivity contribution in [1.29, 1.82) is 0 Å². The number of hydrogen-bond donors (Lipinski definition) is 1. The summed E-state index contributed by atoms with van der Waals surface area (Å²) in [6.45, 7) is 8.59. The SMILES string of the molecule is C=CCCCCCN(C)C(=NC)NCCCN(C)CCOC. The van der Waals surface area contributed by atoms with Crippen LogP contribution in [-0.4, -0.2) is 76.8 Å². The number of rotatable bonds is 13. The Hall–Kier alpha value is -1.07. The minimum Gasteiger partial charge on any atom is -0.383 e. The number of unbranched alkanes of at least 4 members (excludes halogenated alkanes) is 3. The number of nitrogens with zero attached hydrogens (tertiary/aromatic N) is 3. The largest absolute Gasteiger partial charge is 0.383 e. The van der Waals surface area contributed by atoms with Crippen molar-refractivity contribution in [3.8, 4) is 0 Å². The molecule has 0 radical (unpaired) electrons. The van der Waals surface area contributed by atoms with E-state index in [-0.39, 0.29) is 0 Å². The van der Waals surface area contributed by atoms with Gasteiger partial charge in [0.2, 0.25) is 0 Å². The topological polar surface area (TPSA) is 40.1 Å². The number of hydrogen-bond acceptors (Lipinski definition) is 3. The van der Waals surface area contributed by atoms with Gasteiger partial charge in [-0.3, -0.25) is 4.99 Å². The van der Waals surface area contributed by atoms with Gasteiger partial charge in [-0.05, 0) is 39.3 Å². The summed E-state index contributed by atoms with van der Waals surface area (Å²) in [4.78, 5) is 8.85. The number of nitrogens with one attached hydrogen (secondary N) is 1. The summed E-state index contributed by atoms with van der Waals surface area (Å²) in [5.41, 5.74) is 0. The molecule has 0 aliphatic rings. The number of ether oxygens (including phenoxy) is 1. The van der Waals surface area contributed by atoms with E-state index in [4.69, 9.17) is 4.74 Å². The third-order valence-electron chi connectivity index (χ3n) is 3.65. The number of guanidine groups is 1. The van der Waals surface area contributed by atoms with Crippen LogP contribution < -0.4 is 5.32 Å². The Labute approximate surface area is 137 Å². The molecule has 0 saturated heterocycles. The van der Waals surface area contributed by atoms with Crippen molar-refractivity contribution < 1.29 is 4.74 Å². The molecule has 0 amide bonds. The molecule has 0 atom stereocenters. The molecule has 0 aromatic carbocycles. The highest BCUT2D eigenvalue weighted by atomic mass is 16.5. The van der Waals surface area contributed by atoms with E-state index in [1.807, 2.05) is 13.1 Å². The maximum Gasteiger partial charge on any atom is 0.193 e. The number of likely N-dealkylation sites (N-methyl/N-ethyl adjacent to an activating group) is 1. The second-order valence-corrected chi connectivity index (χ2v) is 5.68. The fraction of sp³-hybridized carbons (Fsp3) is 0.824. The van der Waals surface area contributed by atoms with Crippen molar-refractivity contribution in [2.45, 2.75) is 32.1 Å². The Kier molecular flexibility index (Phi) is 14.1. The fourth-order valence-electron chi connectivity index (χ4n) is 2.21. The smallest absolute Gasteiger partial charge is 0.193 e. The predicted molar refractivity (Wildman–Crippen MR) is 96.6 cm³/mol. The first-order chi connectivity index (χ1) is 10.7. The van der Waals surface area contributed by atoms with E-state index in [2.05, 4.69) is 40.8 Å². The monoisotopic (exact) mass is 312 g/mol. The van der Waals surface area contributed by atoms with Gasteiger partial charge in [-0.15, -0.1) is 6.58 Å². The Balaban J connectivity index is 3.75. The predicted octanol–water partition coefficient (Wildman–Crippen LogP) is 2.21. The normalized spacial score (nSPS) is 11.8. The van der Waals surface area contributed by atoms with E-state index in [1.54, 1.807) is 7.11 Å². The van der Waals surface area contributed by atoms with Crippen LogP contribution in [0.25, 0.3) is 0 Å². The van der Waals surface area contributed by atoms with E-state index in [0.29, 0.717) is 0 Å². The van der Waals surface area contributed by atoms with Gasteiger partial charge in [0, 0.05) is 40.8 Å². The molecule has 1 N–H and O–H groups in total. The Bertz CT molecular complexity index is 294. The van der Waals surface area contributed by atoms with Crippen molar-refractivity contribution in [2.24, 2.45) is 4.99 Å². The Morgan fingerprint density at radius 3 is 2.55 bits per heavy atom. The molecule has 0 spiro atoms. The van der Waals surface area contributed by atoms with E-state index in [0.717, 1.165) is 51.6 Å². The molecular weight excluding hydrogens is 276 g/mol. The molecule has 22 heavy (non-hydrogen) atoms. The van der Waals surface area contributed by atoms with Crippen LogP contribution in [0, 0.1) is 0 Å². The zero-order chi connectivity index (χ0) is 16.6. The lowest BCUT2D eigenvalue weighted by Gasteiger charge is -2.22. The summed E-state index contributed by atoms with van der Waals surface area (Å²) in [5.74, 6) is 0.989. The van der Waals surface area contributed by atoms with Crippen LogP contribution in [0.5, 0.6) is 0 Å². The van der Waals surface area contributed by atoms with Gasteiger partial charge in [0.15, 0.2) is 5.96 Å². The first-order valence-electron chi connectivity index (χ1n) is 8.35. The van der Waals surface area contributed by atoms with Gasteiger partial charge in [0.25, 0.3) is 0 Å². The third-order valence-corrected chi connectivity index (χ3v) is 3.65. The van der Waals surface area contributed by atoms with Gasteiger partial charge < -0.3 is 19.9 Å². The Morgan fingerprint density at radius 1 is 1.14 bits per heavy atom. The average molecular weight is 313 g/mol. The summed E-state index contributed by atoms with van der Waals surface area (Å²) in [7, 11) is 7.82. The van der Waals surface area contributed by atoms with Crippen LogP contribution in [-0.2, 0) is 4.74 Å².